The van der Waals surface area contributed by atoms with E-state index in [9.17, 15) is 58.0 Å². The second-order valence-electron chi connectivity index (χ2n) is 23.9. The number of hydrogen-bond acceptors (Lipinski definition) is 27. The van der Waals surface area contributed by atoms with E-state index in [1.807, 2.05) is 30.3 Å². The van der Waals surface area contributed by atoms with Gasteiger partial charge in [-0.05, 0) is 44.4 Å². The highest BCUT2D eigenvalue weighted by Crippen LogP contribution is 2.53. The largest absolute Gasteiger partial charge is 0.509 e. The summed E-state index contributed by atoms with van der Waals surface area (Å²) in [6.45, 7) is 5.99. The Labute approximate surface area is 601 Å². The number of nitroso groups, excluding NO2 is 1. The summed E-state index contributed by atoms with van der Waals surface area (Å²) in [6.07, 6.45) is -4.51. The van der Waals surface area contributed by atoms with Crippen LogP contribution in [0.2, 0.25) is 0 Å². The van der Waals surface area contributed by atoms with Crippen LogP contribution in [0.4, 0.5) is 27.8 Å². The van der Waals surface area contributed by atoms with Crippen molar-refractivity contribution in [3.8, 4) is 0 Å². The number of carbonyl (C=O) groups excluding carboxylic acids is 6. The van der Waals surface area contributed by atoms with Crippen molar-refractivity contribution in [1.29, 1.82) is 0 Å². The van der Waals surface area contributed by atoms with Crippen LogP contribution < -0.4 is 21.8 Å². The van der Waals surface area contributed by atoms with Gasteiger partial charge in [0, 0.05) is 76.9 Å². The van der Waals surface area contributed by atoms with Gasteiger partial charge in [0.2, 0.25) is 11.8 Å². The molecule has 0 radical (unpaired) electrons. The average molecular weight is 1500 g/mol. The molecule has 0 saturated carbocycles. The highest BCUT2D eigenvalue weighted by Gasteiger charge is 2.45. The Morgan fingerprint density at radius 1 is 0.670 bits per heavy atom. The smallest absolute Gasteiger partial charge is 0.431 e. The number of rotatable bonds is 24. The van der Waals surface area contributed by atoms with Gasteiger partial charge in [0.1, 0.15) is 60.8 Å². The van der Waals surface area contributed by atoms with Crippen LogP contribution in [0, 0.1) is 26.9 Å². The van der Waals surface area contributed by atoms with Crippen molar-refractivity contribution in [2.45, 2.75) is 83.5 Å². The van der Waals surface area contributed by atoms with Gasteiger partial charge in [-0.3, -0.25) is 61.2 Å². The van der Waals surface area contributed by atoms with Gasteiger partial charge >= 0.3 is 28.0 Å². The summed E-state index contributed by atoms with van der Waals surface area (Å²) in [7, 11) is -3.23. The van der Waals surface area contributed by atoms with Gasteiger partial charge in [-0.15, -0.1) is 4.91 Å². The van der Waals surface area contributed by atoms with Crippen molar-refractivity contribution in [3.63, 3.8) is 0 Å². The SMILES string of the molecule is COP(=O)(OC)OC1CC(n2cnc3c(=O)[nH]c(NC(=O)C(C)C)cc32)OC1CO.COP(=O)(OC)OC1CC(n2cnc3c(=O)[nH]c(NC(=O)C(C)C)cc32)OC1COC(=O)OC(c1ccccc1)c1c([N+](=O)[O-])ccc2ccccc12.O=C=O.O=Nc1ccc2ccccc2c1C(=O)c1ccccc1. The molecule has 2 aliphatic rings. The topological polar surface area (TPSA) is 447 Å². The number of fused-ring (bicyclic) bond motifs is 4. The number of aliphatic hydroxyl groups excluding tert-OH is 1. The summed E-state index contributed by atoms with van der Waals surface area (Å²) in [6, 6.07) is 41.4. The number of nitro groups is 1. The van der Waals surface area contributed by atoms with E-state index in [2.05, 4.69) is 35.7 Å². The molecule has 36 heteroatoms. The van der Waals surface area contributed by atoms with Gasteiger partial charge < -0.3 is 53.8 Å². The van der Waals surface area contributed by atoms with Crippen molar-refractivity contribution in [3.05, 3.63) is 216 Å². The Morgan fingerprint density at radius 2 is 1.12 bits per heavy atom. The minimum Gasteiger partial charge on any atom is -0.431 e. The number of nitro benzene ring substituents is 1. The first kappa shape index (κ1) is 79.2. The van der Waals surface area contributed by atoms with E-state index < -0.39 is 94.0 Å². The van der Waals surface area contributed by atoms with Crippen LogP contribution in [0.1, 0.15) is 86.1 Å². The van der Waals surface area contributed by atoms with Crippen molar-refractivity contribution in [1.82, 2.24) is 29.1 Å². The van der Waals surface area contributed by atoms with Crippen LogP contribution in [0.5, 0.6) is 0 Å². The number of aromatic nitrogens is 6. The summed E-state index contributed by atoms with van der Waals surface area (Å²) in [5.74, 6) is -1.02. The van der Waals surface area contributed by atoms with Crippen molar-refractivity contribution < 1.29 is 94.0 Å². The molecule has 7 unspecified atom stereocenters. The second-order valence-corrected chi connectivity index (χ2v) is 27.6. The lowest BCUT2D eigenvalue weighted by atomic mass is 9.94. The van der Waals surface area contributed by atoms with Crippen LogP contribution in [-0.4, -0.2) is 135 Å². The molecular formula is C70H72N10O24P2. The molecule has 2 amide bonds. The van der Waals surface area contributed by atoms with Crippen LogP contribution in [-0.2, 0) is 74.4 Å². The molecule has 10 aromatic rings. The number of phosphoric acid groups is 2. The standard InChI is InChI=1S/C35H36N5O12P.C17H25N4O8P.C17H11NO2.CO2/c1-20(2)33(41)37-28-16-25-31(34(42)38-28)36-19-39(25)29-17-26(52-53(46,47-3)48-4)27(50-29)18-49-35(43)51-32(22-11-6-5-7-12-22)30-23-13-9-8-10-21(23)14-15-24(30)40(44)45;1-9(2)16(23)19-13-5-10-15(17(24)20-13)18-8-21(10)14-6-11(12(7-22)28-14)29-30(25,26-3)27-4;19-17(13-7-2-1-3-8-13)16-14-9-5-4-6-12(14)10-11-15(16)18-20;2-1-3/h5-16,19-20,26-27,29,32H,17-18H2,1-4H3,(H2,37,38,41,42);5,8-9,11-12,14,22H,6-7H2,1-4H3,(H2,19,20,23,24);1-11H;. The normalized spacial score (nSPS) is 17.3. The number of H-pyrrole nitrogens is 2. The first-order chi connectivity index (χ1) is 50.8. The molecule has 556 valence electrons. The highest BCUT2D eigenvalue weighted by atomic mass is 31.2. The predicted octanol–water partition coefficient (Wildman–Crippen LogP) is 11.7. The fourth-order valence-electron chi connectivity index (χ4n) is 11.4. The Kier molecular flexibility index (Phi) is 26.6. The quantitative estimate of drug-likeness (QED) is 0.00936. The molecular weight excluding hydrogens is 1430 g/mol. The Morgan fingerprint density at radius 3 is 1.60 bits per heavy atom. The molecule has 106 heavy (non-hydrogen) atoms. The van der Waals surface area contributed by atoms with Gasteiger partial charge in [0.25, 0.3) is 16.8 Å². The lowest BCUT2D eigenvalue weighted by Crippen LogP contribution is -2.30. The van der Waals surface area contributed by atoms with E-state index in [0.29, 0.717) is 38.5 Å². The van der Waals surface area contributed by atoms with E-state index in [1.165, 1.54) is 43.6 Å². The molecule has 2 aliphatic heterocycles. The summed E-state index contributed by atoms with van der Waals surface area (Å²) in [4.78, 5) is 128. The maximum atomic E-state index is 13.5. The summed E-state index contributed by atoms with van der Waals surface area (Å²) in [5, 5.41) is 33.0. The van der Waals surface area contributed by atoms with Gasteiger partial charge in [-0.25, -0.2) is 23.9 Å². The number of nitrogens with one attached hydrogen (secondary N) is 4. The Hall–Kier alpha value is -11.0. The zero-order chi connectivity index (χ0) is 76.6. The number of aliphatic hydroxyl groups is 1. The number of benzene rings is 6. The molecule has 4 aromatic heterocycles. The molecule has 12 rings (SSSR count). The minimum atomic E-state index is -4.09. The molecule has 0 aliphatic carbocycles. The van der Waals surface area contributed by atoms with E-state index in [1.54, 1.807) is 135 Å². The van der Waals surface area contributed by atoms with Crippen LogP contribution in [0.25, 0.3) is 43.6 Å². The van der Waals surface area contributed by atoms with Gasteiger partial charge in [0.05, 0.1) is 46.3 Å². The van der Waals surface area contributed by atoms with Gasteiger partial charge in [-0.1, -0.05) is 143 Å². The maximum Gasteiger partial charge on any atom is 0.509 e. The molecule has 0 bridgehead atoms. The number of anilines is 2. The highest BCUT2D eigenvalue weighted by molar-refractivity contribution is 7.48. The number of ketones is 1. The number of amides is 2. The summed E-state index contributed by atoms with van der Waals surface area (Å²) >= 11 is 0. The third-order valence-corrected chi connectivity index (χ3v) is 19.5. The molecule has 6 heterocycles. The molecule has 6 aromatic carbocycles. The number of ether oxygens (including phenoxy) is 4. The number of pyridine rings is 2. The molecule has 2 saturated heterocycles. The van der Waals surface area contributed by atoms with E-state index in [-0.39, 0.29) is 88.0 Å². The fraction of sp³-hybridized carbons (Fsp3) is 0.300. The molecule has 2 fully saturated rings. The Bertz CT molecular complexity index is 5090. The first-order valence-electron chi connectivity index (χ1n) is 32.4. The summed E-state index contributed by atoms with van der Waals surface area (Å²) < 4.78 is 82.7. The Balaban J connectivity index is 0.000000204. The van der Waals surface area contributed by atoms with Crippen LogP contribution in [0.3, 0.4) is 0 Å². The van der Waals surface area contributed by atoms with Gasteiger partial charge in [0.15, 0.2) is 22.9 Å². The zero-order valence-corrected chi connectivity index (χ0v) is 59.7. The fourth-order valence-corrected chi connectivity index (χ4v) is 13.1. The average Bonchev–Trinajstić information content (AvgIpc) is 1.36. The third-order valence-electron chi connectivity index (χ3n) is 16.7. The number of aromatic amines is 2. The number of carbonyl (C=O) groups is 4. The monoisotopic (exact) mass is 1500 g/mol. The summed E-state index contributed by atoms with van der Waals surface area (Å²) in [5.41, 5.74) is 1.36. The second kappa shape index (κ2) is 35.7. The number of hydrogen-bond donors (Lipinski definition) is 5. The molecule has 0 spiro atoms. The van der Waals surface area contributed by atoms with E-state index in [0.717, 1.165) is 25.0 Å². The first-order valence-corrected chi connectivity index (χ1v) is 35.3. The maximum absolute atomic E-state index is 13.5. The number of nitrogens with zero attached hydrogens (tertiary/aromatic N) is 6. The van der Waals surface area contributed by atoms with Crippen LogP contribution >= 0.6 is 15.6 Å². The van der Waals surface area contributed by atoms with Crippen molar-refractivity contribution in [2.24, 2.45) is 17.0 Å². The van der Waals surface area contributed by atoms with Crippen molar-refractivity contribution in [2.75, 3.05) is 52.3 Å². The van der Waals surface area contributed by atoms with Gasteiger partial charge in [-0.2, -0.15) is 9.59 Å². The molecule has 5 N–H and O–H groups in total. The lowest BCUT2D eigenvalue weighted by molar-refractivity contribution is -0.385. The lowest BCUT2D eigenvalue weighted by Gasteiger charge is -2.23. The minimum absolute atomic E-state index is 0.000565. The number of phosphoric ester groups is 2. The predicted molar refractivity (Wildman–Crippen MR) is 380 cm³/mol. The zero-order valence-electron chi connectivity index (χ0n) is 58.0. The van der Waals surface area contributed by atoms with Crippen LogP contribution in [0.15, 0.2) is 173 Å². The van der Waals surface area contributed by atoms with E-state index >= 15 is 0 Å². The third kappa shape index (κ3) is 18.6. The van der Waals surface area contributed by atoms with Crippen molar-refractivity contribution >= 4 is 112 Å². The molecule has 7 atom stereocenters. The van der Waals surface area contributed by atoms with E-state index in [4.69, 9.17) is 55.7 Å². The molecule has 34 nitrogen and oxygen atoms in total. The number of imidazole rings is 2.